The highest BCUT2D eigenvalue weighted by Gasteiger charge is 2.01. The van der Waals surface area contributed by atoms with E-state index in [4.69, 9.17) is 11.6 Å². The van der Waals surface area contributed by atoms with Gasteiger partial charge in [0.15, 0.2) is 0 Å². The number of pyridine rings is 1. The molecule has 0 amide bonds. The molecule has 5 heteroatoms. The van der Waals surface area contributed by atoms with Crippen LogP contribution < -0.4 is 5.32 Å². The number of aryl methyl sites for hydroxylation is 1. The summed E-state index contributed by atoms with van der Waals surface area (Å²) in [5, 5.41) is 3.87. The summed E-state index contributed by atoms with van der Waals surface area (Å²) in [7, 11) is 1.95. The number of halogens is 1. The van der Waals surface area contributed by atoms with E-state index in [2.05, 4.69) is 15.3 Å². The van der Waals surface area contributed by atoms with E-state index in [0.717, 1.165) is 11.4 Å². The van der Waals surface area contributed by atoms with Crippen LogP contribution in [0.5, 0.6) is 0 Å². The molecule has 0 aliphatic rings. The van der Waals surface area contributed by atoms with E-state index in [1.165, 1.54) is 0 Å². The first-order chi connectivity index (χ1) is 7.27. The second kappa shape index (κ2) is 4.31. The van der Waals surface area contributed by atoms with Crippen LogP contribution in [-0.4, -0.2) is 14.5 Å². The predicted molar refractivity (Wildman–Crippen MR) is 59.8 cm³/mol. The molecule has 0 saturated heterocycles. The zero-order chi connectivity index (χ0) is 10.7. The van der Waals surface area contributed by atoms with Gasteiger partial charge in [0.25, 0.3) is 0 Å². The zero-order valence-corrected chi connectivity index (χ0v) is 9.07. The number of nitrogens with one attached hydrogen (secondary N) is 1. The highest BCUT2D eigenvalue weighted by Crippen LogP contribution is 2.19. The molecular formula is C10H11ClN4. The SMILES string of the molecule is Cn1cncc1CNc1cnccc1Cl. The molecule has 2 rings (SSSR count). The normalized spacial score (nSPS) is 10.3. The number of hydrogen-bond donors (Lipinski definition) is 1. The van der Waals surface area contributed by atoms with Crippen molar-refractivity contribution in [3.63, 3.8) is 0 Å². The largest absolute Gasteiger partial charge is 0.377 e. The summed E-state index contributed by atoms with van der Waals surface area (Å²) >= 11 is 5.98. The van der Waals surface area contributed by atoms with Crippen molar-refractivity contribution in [2.24, 2.45) is 7.05 Å². The molecule has 0 aliphatic carbocycles. The lowest BCUT2D eigenvalue weighted by molar-refractivity contribution is 0.837. The summed E-state index contributed by atoms with van der Waals surface area (Å²) in [6, 6.07) is 1.76. The zero-order valence-electron chi connectivity index (χ0n) is 8.31. The third kappa shape index (κ3) is 2.27. The van der Waals surface area contributed by atoms with E-state index in [9.17, 15) is 0 Å². The van der Waals surface area contributed by atoms with Crippen molar-refractivity contribution in [3.8, 4) is 0 Å². The molecule has 1 N–H and O–H groups in total. The van der Waals surface area contributed by atoms with Crippen molar-refractivity contribution in [1.29, 1.82) is 0 Å². The molecular weight excluding hydrogens is 212 g/mol. The number of aromatic nitrogens is 3. The van der Waals surface area contributed by atoms with Crippen molar-refractivity contribution < 1.29 is 0 Å². The average Bonchev–Trinajstić information content (AvgIpc) is 2.63. The number of nitrogens with zero attached hydrogens (tertiary/aromatic N) is 3. The van der Waals surface area contributed by atoms with Crippen LogP contribution in [0, 0.1) is 0 Å². The predicted octanol–water partition coefficient (Wildman–Crippen LogP) is 2.08. The minimum absolute atomic E-state index is 0.673. The first kappa shape index (κ1) is 9.98. The standard InChI is InChI=1S/C10H11ClN4/c1-15-7-13-4-8(15)5-14-10-6-12-3-2-9(10)11/h2-4,6-7,14H,5H2,1H3. The molecule has 0 bridgehead atoms. The highest BCUT2D eigenvalue weighted by molar-refractivity contribution is 6.33. The second-order valence-electron chi connectivity index (χ2n) is 3.20. The van der Waals surface area contributed by atoms with Gasteiger partial charge in [0.05, 0.1) is 35.5 Å². The molecule has 4 nitrogen and oxygen atoms in total. The van der Waals surface area contributed by atoms with Gasteiger partial charge in [-0.3, -0.25) is 4.98 Å². The molecule has 0 fully saturated rings. The van der Waals surface area contributed by atoms with Gasteiger partial charge >= 0.3 is 0 Å². The van der Waals surface area contributed by atoms with Crippen molar-refractivity contribution in [1.82, 2.24) is 14.5 Å². The van der Waals surface area contributed by atoms with Crippen molar-refractivity contribution in [2.75, 3.05) is 5.32 Å². The number of imidazole rings is 1. The molecule has 0 unspecified atom stereocenters. The summed E-state index contributed by atoms with van der Waals surface area (Å²) in [5.74, 6) is 0. The lowest BCUT2D eigenvalue weighted by Crippen LogP contribution is -2.04. The molecule has 15 heavy (non-hydrogen) atoms. The van der Waals surface area contributed by atoms with Gasteiger partial charge in [0, 0.05) is 19.4 Å². The number of anilines is 1. The number of hydrogen-bond acceptors (Lipinski definition) is 3. The molecule has 0 aliphatic heterocycles. The van der Waals surface area contributed by atoms with Crippen molar-refractivity contribution >= 4 is 17.3 Å². The third-order valence-electron chi connectivity index (χ3n) is 2.14. The Morgan fingerprint density at radius 1 is 1.40 bits per heavy atom. The van der Waals surface area contributed by atoms with Gasteiger partial charge in [-0.25, -0.2) is 4.98 Å². The van der Waals surface area contributed by atoms with E-state index >= 15 is 0 Å². The summed E-state index contributed by atoms with van der Waals surface area (Å²) < 4.78 is 1.96. The Hall–Kier alpha value is -1.55. The minimum atomic E-state index is 0.673. The maximum absolute atomic E-state index is 5.98. The molecule has 0 aromatic carbocycles. The Morgan fingerprint density at radius 3 is 2.93 bits per heavy atom. The van der Waals surface area contributed by atoms with Gasteiger partial charge in [-0.15, -0.1) is 0 Å². The summed E-state index contributed by atoms with van der Waals surface area (Å²) in [6.07, 6.45) is 6.95. The number of rotatable bonds is 3. The molecule has 2 heterocycles. The maximum atomic E-state index is 5.98. The van der Waals surface area contributed by atoms with Crippen LogP contribution in [0.2, 0.25) is 5.02 Å². The molecule has 0 saturated carbocycles. The summed E-state index contributed by atoms with van der Waals surface area (Å²) in [4.78, 5) is 8.03. The fourth-order valence-electron chi connectivity index (χ4n) is 1.25. The average molecular weight is 223 g/mol. The lowest BCUT2D eigenvalue weighted by atomic mass is 10.4. The van der Waals surface area contributed by atoms with Gasteiger partial charge < -0.3 is 9.88 Å². The Kier molecular flexibility index (Phi) is 2.87. The smallest absolute Gasteiger partial charge is 0.0946 e. The Morgan fingerprint density at radius 2 is 2.27 bits per heavy atom. The Balaban J connectivity index is 2.06. The van der Waals surface area contributed by atoms with E-state index in [-0.39, 0.29) is 0 Å². The Bertz CT molecular complexity index is 452. The van der Waals surface area contributed by atoms with Crippen LogP contribution >= 0.6 is 11.6 Å². The van der Waals surface area contributed by atoms with Crippen LogP contribution in [0.3, 0.4) is 0 Å². The highest BCUT2D eigenvalue weighted by atomic mass is 35.5. The third-order valence-corrected chi connectivity index (χ3v) is 2.47. The van der Waals surface area contributed by atoms with Crippen LogP contribution in [0.1, 0.15) is 5.69 Å². The van der Waals surface area contributed by atoms with Gasteiger partial charge in [0.1, 0.15) is 0 Å². The molecule has 0 atom stereocenters. The van der Waals surface area contributed by atoms with Crippen molar-refractivity contribution in [3.05, 3.63) is 41.7 Å². The topological polar surface area (TPSA) is 42.7 Å². The molecule has 2 aromatic heterocycles. The van der Waals surface area contributed by atoms with E-state index in [1.807, 2.05) is 17.8 Å². The van der Waals surface area contributed by atoms with Crippen LogP contribution in [-0.2, 0) is 13.6 Å². The van der Waals surface area contributed by atoms with Gasteiger partial charge in [0.2, 0.25) is 0 Å². The molecule has 2 aromatic rings. The fourth-order valence-corrected chi connectivity index (χ4v) is 1.42. The van der Waals surface area contributed by atoms with Gasteiger partial charge in [-0.2, -0.15) is 0 Å². The van der Waals surface area contributed by atoms with Gasteiger partial charge in [-0.05, 0) is 6.07 Å². The fraction of sp³-hybridized carbons (Fsp3) is 0.200. The second-order valence-corrected chi connectivity index (χ2v) is 3.61. The Labute approximate surface area is 92.9 Å². The van der Waals surface area contributed by atoms with E-state index < -0.39 is 0 Å². The maximum Gasteiger partial charge on any atom is 0.0946 e. The molecule has 0 radical (unpaired) electrons. The summed E-state index contributed by atoms with van der Waals surface area (Å²) in [5.41, 5.74) is 1.93. The quantitative estimate of drug-likeness (QED) is 0.865. The monoisotopic (exact) mass is 222 g/mol. The molecule has 78 valence electrons. The van der Waals surface area contributed by atoms with Crippen molar-refractivity contribution in [2.45, 2.75) is 6.54 Å². The van der Waals surface area contributed by atoms with Gasteiger partial charge in [-0.1, -0.05) is 11.6 Å². The first-order valence-electron chi connectivity index (χ1n) is 4.56. The van der Waals surface area contributed by atoms with Crippen LogP contribution in [0.15, 0.2) is 31.0 Å². The van der Waals surface area contributed by atoms with E-state index in [0.29, 0.717) is 11.6 Å². The minimum Gasteiger partial charge on any atom is -0.377 e. The lowest BCUT2D eigenvalue weighted by Gasteiger charge is -2.07. The molecule has 0 spiro atoms. The van der Waals surface area contributed by atoms with Crippen LogP contribution in [0.4, 0.5) is 5.69 Å². The van der Waals surface area contributed by atoms with Crippen LogP contribution in [0.25, 0.3) is 0 Å². The van der Waals surface area contributed by atoms with E-state index in [1.54, 1.807) is 24.8 Å². The first-order valence-corrected chi connectivity index (χ1v) is 4.94. The summed E-state index contributed by atoms with van der Waals surface area (Å²) in [6.45, 7) is 0.682.